The highest BCUT2D eigenvalue weighted by Gasteiger charge is 2.29. The minimum absolute atomic E-state index is 0.0463. The van der Waals surface area contributed by atoms with E-state index in [9.17, 15) is 19.7 Å². The number of nitrogens with one attached hydrogen (secondary N) is 1. The molecule has 1 unspecified atom stereocenters. The maximum atomic E-state index is 13.2. The highest BCUT2D eigenvalue weighted by atomic mass is 16.6. The van der Waals surface area contributed by atoms with Crippen molar-refractivity contribution >= 4 is 23.2 Å². The molecule has 0 aromatic heterocycles. The van der Waals surface area contributed by atoms with E-state index < -0.39 is 16.9 Å². The van der Waals surface area contributed by atoms with Gasteiger partial charge in [-0.1, -0.05) is 36.4 Å². The summed E-state index contributed by atoms with van der Waals surface area (Å²) in [6.07, 6.45) is 0. The minimum Gasteiger partial charge on any atom is -0.342 e. The first kappa shape index (κ1) is 23.0. The summed E-state index contributed by atoms with van der Waals surface area (Å²) < 4.78 is 0. The Hall–Kier alpha value is -3.26. The highest BCUT2D eigenvalue weighted by Crippen LogP contribution is 2.28. The van der Waals surface area contributed by atoms with Gasteiger partial charge in [0.05, 0.1) is 11.5 Å². The fourth-order valence-corrected chi connectivity index (χ4v) is 3.32. The highest BCUT2D eigenvalue weighted by molar-refractivity contribution is 5.97. The number of hydrogen-bond donors (Lipinski definition) is 1. The van der Waals surface area contributed by atoms with Gasteiger partial charge in [0.2, 0.25) is 11.8 Å². The molecule has 0 bridgehead atoms. The summed E-state index contributed by atoms with van der Waals surface area (Å²) in [6, 6.07) is 12.9. The quantitative estimate of drug-likeness (QED) is 0.503. The fraction of sp³-hybridized carbons (Fsp3) is 0.364. The van der Waals surface area contributed by atoms with Gasteiger partial charge >= 0.3 is 0 Å². The Morgan fingerprint density at radius 2 is 1.73 bits per heavy atom. The van der Waals surface area contributed by atoms with Crippen molar-refractivity contribution in [3.63, 3.8) is 0 Å². The van der Waals surface area contributed by atoms with Crippen molar-refractivity contribution in [2.45, 2.75) is 26.8 Å². The first-order valence-electron chi connectivity index (χ1n) is 9.87. The third-order valence-corrected chi connectivity index (χ3v) is 4.91. The monoisotopic (exact) mass is 412 g/mol. The Bertz CT molecular complexity index is 897. The van der Waals surface area contributed by atoms with E-state index in [0.29, 0.717) is 18.7 Å². The molecule has 0 heterocycles. The molecule has 1 N–H and O–H groups in total. The molecule has 0 spiro atoms. The van der Waals surface area contributed by atoms with E-state index in [1.54, 1.807) is 42.0 Å². The van der Waals surface area contributed by atoms with Crippen LogP contribution in [0.3, 0.4) is 0 Å². The molecule has 160 valence electrons. The van der Waals surface area contributed by atoms with Gasteiger partial charge in [-0.3, -0.25) is 24.6 Å². The van der Waals surface area contributed by atoms with E-state index in [1.165, 1.54) is 12.1 Å². The van der Waals surface area contributed by atoms with Gasteiger partial charge in [-0.25, -0.2) is 0 Å². The number of aryl methyl sites for hydroxylation is 1. The van der Waals surface area contributed by atoms with E-state index in [0.717, 1.165) is 5.56 Å². The largest absolute Gasteiger partial charge is 0.342 e. The van der Waals surface area contributed by atoms with Crippen molar-refractivity contribution in [2.24, 2.45) is 0 Å². The number of rotatable bonds is 9. The number of likely N-dealkylation sites (N-methyl/N-ethyl adjacent to an activating group) is 2. The van der Waals surface area contributed by atoms with Gasteiger partial charge in [0, 0.05) is 19.2 Å². The van der Waals surface area contributed by atoms with Crippen molar-refractivity contribution in [1.82, 2.24) is 9.80 Å². The Morgan fingerprint density at radius 3 is 2.30 bits per heavy atom. The average Bonchev–Trinajstić information content (AvgIpc) is 2.71. The molecule has 2 aromatic carbocycles. The molecule has 0 aliphatic heterocycles. The second-order valence-corrected chi connectivity index (χ2v) is 7.06. The van der Waals surface area contributed by atoms with Crippen LogP contribution in [0.5, 0.6) is 0 Å². The number of hydrogen-bond acceptors (Lipinski definition) is 5. The summed E-state index contributed by atoms with van der Waals surface area (Å²) in [6.45, 7) is 6.77. The lowest BCUT2D eigenvalue weighted by molar-refractivity contribution is -0.384. The van der Waals surface area contributed by atoms with Crippen LogP contribution in [-0.4, -0.2) is 53.2 Å². The molecule has 8 heteroatoms. The molecule has 8 nitrogen and oxygen atoms in total. The van der Waals surface area contributed by atoms with Crippen molar-refractivity contribution in [3.05, 3.63) is 69.8 Å². The standard InChI is InChI=1S/C22H28N4O4/c1-5-25(6-2)20(27)15-24(4)21(17-10-8-7-9-11-17)22(28)23-18-13-12-16(3)14-19(18)26(29)30/h7-14,21H,5-6,15H2,1-4H3,(H,23,28). The van der Waals surface area contributed by atoms with E-state index in [2.05, 4.69) is 5.32 Å². The van der Waals surface area contributed by atoms with Crippen LogP contribution in [0.4, 0.5) is 11.4 Å². The third-order valence-electron chi connectivity index (χ3n) is 4.91. The van der Waals surface area contributed by atoms with Crippen LogP contribution in [0, 0.1) is 17.0 Å². The summed E-state index contributed by atoms with van der Waals surface area (Å²) in [5.41, 5.74) is 1.37. The molecule has 2 amide bonds. The number of benzene rings is 2. The SMILES string of the molecule is CCN(CC)C(=O)CN(C)C(C(=O)Nc1ccc(C)cc1[N+](=O)[O-])c1ccccc1. The second-order valence-electron chi connectivity index (χ2n) is 7.06. The van der Waals surface area contributed by atoms with E-state index >= 15 is 0 Å². The van der Waals surface area contributed by atoms with Gasteiger partial charge in [-0.15, -0.1) is 0 Å². The maximum Gasteiger partial charge on any atom is 0.293 e. The lowest BCUT2D eigenvalue weighted by Crippen LogP contribution is -2.43. The van der Waals surface area contributed by atoms with Crippen LogP contribution in [0.2, 0.25) is 0 Å². The number of nitro benzene ring substituents is 1. The smallest absolute Gasteiger partial charge is 0.293 e. The summed E-state index contributed by atoms with van der Waals surface area (Å²) in [5.74, 6) is -0.527. The Kier molecular flexibility index (Phi) is 8.06. The maximum absolute atomic E-state index is 13.2. The fourth-order valence-electron chi connectivity index (χ4n) is 3.32. The first-order valence-corrected chi connectivity index (χ1v) is 9.87. The molecular weight excluding hydrogens is 384 g/mol. The summed E-state index contributed by atoms with van der Waals surface area (Å²) >= 11 is 0. The van der Waals surface area contributed by atoms with Gasteiger partial charge in [0.1, 0.15) is 11.7 Å². The predicted octanol–water partition coefficient (Wildman–Crippen LogP) is 3.38. The number of nitro groups is 1. The van der Waals surface area contributed by atoms with E-state index in [-0.39, 0.29) is 23.8 Å². The lowest BCUT2D eigenvalue weighted by atomic mass is 10.0. The van der Waals surface area contributed by atoms with Crippen LogP contribution >= 0.6 is 0 Å². The van der Waals surface area contributed by atoms with Crippen molar-refractivity contribution < 1.29 is 14.5 Å². The van der Waals surface area contributed by atoms with Gasteiger partial charge < -0.3 is 10.2 Å². The molecule has 0 aliphatic rings. The Balaban J connectivity index is 2.33. The zero-order valence-corrected chi connectivity index (χ0v) is 17.8. The Labute approximate surface area is 176 Å². The molecule has 0 aliphatic carbocycles. The molecule has 1 atom stereocenters. The van der Waals surface area contributed by atoms with E-state index in [1.807, 2.05) is 32.0 Å². The molecular formula is C22H28N4O4. The normalized spacial score (nSPS) is 11.8. The van der Waals surface area contributed by atoms with E-state index in [4.69, 9.17) is 0 Å². The number of nitrogens with zero attached hydrogens (tertiary/aromatic N) is 3. The van der Waals surface area contributed by atoms with Crippen molar-refractivity contribution in [3.8, 4) is 0 Å². The molecule has 2 aromatic rings. The number of carbonyl (C=O) groups excluding carboxylic acids is 2. The van der Waals surface area contributed by atoms with Crippen LogP contribution in [0.15, 0.2) is 48.5 Å². The van der Waals surface area contributed by atoms with Gasteiger partial charge in [0.25, 0.3) is 5.69 Å². The summed E-state index contributed by atoms with van der Waals surface area (Å²) in [5, 5.41) is 14.1. The number of carbonyl (C=O) groups is 2. The minimum atomic E-state index is -0.786. The summed E-state index contributed by atoms with van der Waals surface area (Å²) in [7, 11) is 1.70. The van der Waals surface area contributed by atoms with Gasteiger partial charge in [-0.05, 0) is 45.0 Å². The van der Waals surface area contributed by atoms with Crippen molar-refractivity contribution in [2.75, 3.05) is 32.0 Å². The van der Waals surface area contributed by atoms with Crippen LogP contribution < -0.4 is 5.32 Å². The van der Waals surface area contributed by atoms with Crippen LogP contribution in [0.1, 0.15) is 31.0 Å². The third kappa shape index (κ3) is 5.64. The molecule has 0 radical (unpaired) electrons. The average molecular weight is 412 g/mol. The molecule has 0 saturated heterocycles. The van der Waals surface area contributed by atoms with Crippen LogP contribution in [-0.2, 0) is 9.59 Å². The number of amides is 2. The molecule has 0 saturated carbocycles. The topological polar surface area (TPSA) is 95.8 Å². The second kappa shape index (κ2) is 10.5. The van der Waals surface area contributed by atoms with Crippen LogP contribution in [0.25, 0.3) is 0 Å². The zero-order chi connectivity index (χ0) is 22.3. The Morgan fingerprint density at radius 1 is 1.10 bits per heavy atom. The first-order chi connectivity index (χ1) is 14.3. The zero-order valence-electron chi connectivity index (χ0n) is 17.8. The van der Waals surface area contributed by atoms with Gasteiger partial charge in [-0.2, -0.15) is 0 Å². The van der Waals surface area contributed by atoms with Crippen molar-refractivity contribution in [1.29, 1.82) is 0 Å². The lowest BCUT2D eigenvalue weighted by Gasteiger charge is -2.29. The predicted molar refractivity (Wildman–Crippen MR) is 116 cm³/mol. The molecule has 2 rings (SSSR count). The summed E-state index contributed by atoms with van der Waals surface area (Å²) in [4.78, 5) is 40.0. The molecule has 30 heavy (non-hydrogen) atoms. The number of anilines is 1. The molecule has 0 fully saturated rings. The van der Waals surface area contributed by atoms with Gasteiger partial charge in [0.15, 0.2) is 0 Å².